The molecule has 2 N–H and O–H groups in total. The van der Waals surface area contributed by atoms with Crippen LogP contribution in [0.4, 0.5) is 5.95 Å². The third-order valence-electron chi connectivity index (χ3n) is 2.42. The van der Waals surface area contributed by atoms with Gasteiger partial charge in [0.15, 0.2) is 0 Å². The summed E-state index contributed by atoms with van der Waals surface area (Å²) < 4.78 is 0. The van der Waals surface area contributed by atoms with Crippen molar-refractivity contribution in [2.45, 2.75) is 13.3 Å². The Labute approximate surface area is 115 Å². The van der Waals surface area contributed by atoms with Crippen molar-refractivity contribution in [1.82, 2.24) is 9.97 Å². The second kappa shape index (κ2) is 5.67. The van der Waals surface area contributed by atoms with Crippen LogP contribution in [0.2, 0.25) is 5.15 Å². The highest BCUT2D eigenvalue weighted by atomic mass is 35.5. The van der Waals surface area contributed by atoms with Crippen LogP contribution in [-0.4, -0.2) is 21.0 Å². The maximum Gasteiger partial charge on any atom is 0.231 e. The van der Waals surface area contributed by atoms with E-state index in [1.807, 2.05) is 0 Å². The van der Waals surface area contributed by atoms with Crippen molar-refractivity contribution in [2.75, 3.05) is 5.32 Å². The SMILES string of the molecule is Cc1cc(Cl)nc(NC(=O)Cc2ccccc2O)n1. The molecular weight excluding hydrogens is 266 g/mol. The maximum atomic E-state index is 11.8. The molecule has 0 aliphatic heterocycles. The number of carbonyl (C=O) groups is 1. The quantitative estimate of drug-likeness (QED) is 0.845. The first-order valence-electron chi connectivity index (χ1n) is 5.62. The van der Waals surface area contributed by atoms with Crippen LogP contribution in [0.5, 0.6) is 5.75 Å². The first-order valence-corrected chi connectivity index (χ1v) is 6.00. The molecule has 0 fully saturated rings. The van der Waals surface area contributed by atoms with Crippen molar-refractivity contribution >= 4 is 23.5 Å². The minimum absolute atomic E-state index is 0.0432. The van der Waals surface area contributed by atoms with Gasteiger partial charge >= 0.3 is 0 Å². The minimum atomic E-state index is -0.317. The summed E-state index contributed by atoms with van der Waals surface area (Å²) in [5.74, 6) is -0.0746. The molecule has 0 aliphatic carbocycles. The molecule has 2 aromatic rings. The number of anilines is 1. The monoisotopic (exact) mass is 277 g/mol. The summed E-state index contributed by atoms with van der Waals surface area (Å²) in [6.45, 7) is 1.76. The Morgan fingerprint density at radius 3 is 2.79 bits per heavy atom. The highest BCUT2D eigenvalue weighted by Gasteiger charge is 2.09. The van der Waals surface area contributed by atoms with E-state index in [1.165, 1.54) is 6.07 Å². The van der Waals surface area contributed by atoms with Gasteiger partial charge < -0.3 is 5.11 Å². The number of halogens is 1. The average Bonchev–Trinajstić information content (AvgIpc) is 2.30. The number of nitrogens with one attached hydrogen (secondary N) is 1. The molecule has 0 saturated carbocycles. The summed E-state index contributed by atoms with van der Waals surface area (Å²) in [4.78, 5) is 19.8. The van der Waals surface area contributed by atoms with Crippen LogP contribution in [0.25, 0.3) is 0 Å². The van der Waals surface area contributed by atoms with E-state index in [-0.39, 0.29) is 29.2 Å². The summed E-state index contributed by atoms with van der Waals surface area (Å²) in [6.07, 6.45) is 0.0432. The number of amides is 1. The topological polar surface area (TPSA) is 75.1 Å². The van der Waals surface area contributed by atoms with Crippen LogP contribution in [0.3, 0.4) is 0 Å². The number of carbonyl (C=O) groups excluding carboxylic acids is 1. The zero-order valence-corrected chi connectivity index (χ0v) is 11.0. The van der Waals surface area contributed by atoms with E-state index in [1.54, 1.807) is 31.2 Å². The molecule has 1 aromatic heterocycles. The van der Waals surface area contributed by atoms with Crippen molar-refractivity contribution in [1.29, 1.82) is 0 Å². The minimum Gasteiger partial charge on any atom is -0.508 e. The fourth-order valence-corrected chi connectivity index (χ4v) is 1.83. The highest BCUT2D eigenvalue weighted by molar-refractivity contribution is 6.29. The van der Waals surface area contributed by atoms with Gasteiger partial charge in [0.1, 0.15) is 10.9 Å². The predicted molar refractivity (Wildman–Crippen MR) is 72.2 cm³/mol. The number of nitrogens with zero attached hydrogens (tertiary/aromatic N) is 2. The van der Waals surface area contributed by atoms with Gasteiger partial charge in [0.25, 0.3) is 0 Å². The molecule has 1 amide bonds. The van der Waals surface area contributed by atoms with E-state index in [0.717, 1.165) is 0 Å². The first-order chi connectivity index (χ1) is 9.04. The molecule has 0 spiro atoms. The molecule has 0 radical (unpaired) electrons. The number of benzene rings is 1. The molecule has 6 heteroatoms. The van der Waals surface area contributed by atoms with Crippen molar-refractivity contribution < 1.29 is 9.90 Å². The molecule has 19 heavy (non-hydrogen) atoms. The van der Waals surface area contributed by atoms with Gasteiger partial charge in [-0.3, -0.25) is 10.1 Å². The highest BCUT2D eigenvalue weighted by Crippen LogP contribution is 2.16. The van der Waals surface area contributed by atoms with Crippen LogP contribution in [0, 0.1) is 6.92 Å². The predicted octanol–water partition coefficient (Wildman–Crippen LogP) is 2.33. The second-order valence-electron chi connectivity index (χ2n) is 4.01. The Morgan fingerprint density at radius 1 is 1.37 bits per heavy atom. The van der Waals surface area contributed by atoms with Gasteiger partial charge in [-0.2, -0.15) is 0 Å². The molecule has 98 valence electrons. The molecule has 0 bridgehead atoms. The van der Waals surface area contributed by atoms with E-state index in [4.69, 9.17) is 11.6 Å². The Balaban J connectivity index is 2.07. The van der Waals surface area contributed by atoms with Crippen LogP contribution in [0.15, 0.2) is 30.3 Å². The molecule has 5 nitrogen and oxygen atoms in total. The van der Waals surface area contributed by atoms with Crippen molar-refractivity contribution in [3.8, 4) is 5.75 Å². The van der Waals surface area contributed by atoms with Gasteiger partial charge in [-0.15, -0.1) is 0 Å². The number of phenols is 1. The summed E-state index contributed by atoms with van der Waals surface area (Å²) in [5, 5.41) is 12.4. The van der Waals surface area contributed by atoms with Crippen molar-refractivity contribution in [3.63, 3.8) is 0 Å². The lowest BCUT2D eigenvalue weighted by Crippen LogP contribution is -2.16. The number of rotatable bonds is 3. The zero-order chi connectivity index (χ0) is 13.8. The third kappa shape index (κ3) is 3.66. The normalized spacial score (nSPS) is 10.2. The Hall–Kier alpha value is -2.14. The van der Waals surface area contributed by atoms with Crippen LogP contribution in [0.1, 0.15) is 11.3 Å². The van der Waals surface area contributed by atoms with E-state index >= 15 is 0 Å². The van der Waals surface area contributed by atoms with Gasteiger partial charge in [-0.1, -0.05) is 29.8 Å². The van der Waals surface area contributed by atoms with E-state index in [0.29, 0.717) is 11.3 Å². The number of aromatic nitrogens is 2. The van der Waals surface area contributed by atoms with E-state index in [9.17, 15) is 9.90 Å². The number of hydrogen-bond donors (Lipinski definition) is 2. The molecule has 1 aromatic carbocycles. The first kappa shape index (κ1) is 13.3. The van der Waals surface area contributed by atoms with Gasteiger partial charge in [0, 0.05) is 11.3 Å². The average molecular weight is 278 g/mol. The molecule has 0 unspecified atom stereocenters. The number of aryl methyl sites for hydroxylation is 1. The third-order valence-corrected chi connectivity index (χ3v) is 2.61. The summed E-state index contributed by atoms with van der Waals surface area (Å²) >= 11 is 5.78. The lowest BCUT2D eigenvalue weighted by molar-refractivity contribution is -0.115. The largest absolute Gasteiger partial charge is 0.508 e. The second-order valence-corrected chi connectivity index (χ2v) is 4.40. The van der Waals surface area contributed by atoms with Gasteiger partial charge in [-0.25, -0.2) is 9.97 Å². The fraction of sp³-hybridized carbons (Fsp3) is 0.154. The molecular formula is C13H12ClN3O2. The zero-order valence-electron chi connectivity index (χ0n) is 10.2. The van der Waals surface area contributed by atoms with Gasteiger partial charge in [-0.05, 0) is 19.1 Å². The van der Waals surface area contributed by atoms with Gasteiger partial charge in [0.2, 0.25) is 11.9 Å². The lowest BCUT2D eigenvalue weighted by atomic mass is 10.1. The Kier molecular flexibility index (Phi) is 3.97. The van der Waals surface area contributed by atoms with E-state index < -0.39 is 0 Å². The maximum absolute atomic E-state index is 11.8. The van der Waals surface area contributed by atoms with Crippen LogP contribution in [-0.2, 0) is 11.2 Å². The summed E-state index contributed by atoms with van der Waals surface area (Å²) in [5.41, 5.74) is 1.21. The van der Waals surface area contributed by atoms with Crippen molar-refractivity contribution in [2.24, 2.45) is 0 Å². The lowest BCUT2D eigenvalue weighted by Gasteiger charge is -2.06. The molecule has 0 atom stereocenters. The standard InChI is InChI=1S/C13H12ClN3O2/c1-8-6-11(14)16-13(15-8)17-12(19)7-9-4-2-3-5-10(9)18/h2-6,18H,7H2,1H3,(H,15,16,17,19). The number of aromatic hydroxyl groups is 1. The number of hydrogen-bond acceptors (Lipinski definition) is 4. The molecule has 0 saturated heterocycles. The molecule has 1 heterocycles. The smallest absolute Gasteiger partial charge is 0.231 e. The number of phenolic OH excluding ortho intramolecular Hbond substituents is 1. The van der Waals surface area contributed by atoms with E-state index in [2.05, 4.69) is 15.3 Å². The van der Waals surface area contributed by atoms with Crippen LogP contribution < -0.4 is 5.32 Å². The Bertz CT molecular complexity index is 596. The van der Waals surface area contributed by atoms with Gasteiger partial charge in [0.05, 0.1) is 6.42 Å². The van der Waals surface area contributed by atoms with Crippen LogP contribution >= 0.6 is 11.6 Å². The number of para-hydroxylation sites is 1. The summed E-state index contributed by atoms with van der Waals surface area (Å²) in [7, 11) is 0. The fourth-order valence-electron chi connectivity index (χ4n) is 1.59. The summed E-state index contributed by atoms with van der Waals surface area (Å²) in [6, 6.07) is 8.25. The molecule has 2 rings (SSSR count). The Morgan fingerprint density at radius 2 is 2.11 bits per heavy atom. The van der Waals surface area contributed by atoms with Crippen molar-refractivity contribution in [3.05, 3.63) is 46.7 Å². The molecule has 0 aliphatic rings.